The number of fused-ring (bicyclic) bond motifs is 12. The van der Waals surface area contributed by atoms with Crippen molar-refractivity contribution < 1.29 is 84.8 Å². The summed E-state index contributed by atoms with van der Waals surface area (Å²) in [5.74, 6) is -1.81. The Labute approximate surface area is 879 Å². The van der Waals surface area contributed by atoms with Crippen molar-refractivity contribution in [2.75, 3.05) is 131 Å². The highest BCUT2D eigenvalue weighted by molar-refractivity contribution is 6.36. The number of ether oxygens (including phenoxy) is 4. The molecule has 0 radical (unpaired) electrons. The lowest BCUT2D eigenvalue weighted by molar-refractivity contribution is -0.195. The van der Waals surface area contributed by atoms with Crippen molar-refractivity contribution in [2.24, 2.45) is 23.7 Å². The molecule has 20 rings (SSSR count). The van der Waals surface area contributed by atoms with Gasteiger partial charge in [0.15, 0.2) is 0 Å². The van der Waals surface area contributed by atoms with E-state index in [9.17, 15) is 35.1 Å². The molecule has 0 amide bonds. The van der Waals surface area contributed by atoms with Crippen LogP contribution in [0.25, 0.3) is 43.6 Å². The lowest BCUT2D eigenvalue weighted by Crippen LogP contribution is -2.55. The smallest absolute Gasteiger partial charge is 0.404 e. The summed E-state index contributed by atoms with van der Waals surface area (Å²) < 4.78 is 249. The highest BCUT2D eigenvalue weighted by atomic mass is 35.5. The molecule has 12 aromatic rings. The minimum Gasteiger partial charge on any atom is -0.492 e. The molecule has 4 saturated heterocycles. The molecule has 0 aliphatic carbocycles. The van der Waals surface area contributed by atoms with E-state index in [1.807, 2.05) is 37.8 Å². The Morgan fingerprint density at radius 1 is 0.320 bits per heavy atom. The Hall–Kier alpha value is -9.67. The number of benzene rings is 8. The number of halogens is 17. The largest absolute Gasteiger partial charge is 0.492 e. The fraction of sp³-hybridized carbons (Fsp3) is 0.521. The first-order valence-electron chi connectivity index (χ1n) is 53.0. The number of nitrogens with zero attached hydrogens (tertiary/aromatic N) is 8. The zero-order valence-electron chi connectivity index (χ0n) is 88.5. The standard InChI is InChI=1S/C30H38F3N3O.C29H35Cl2F2N3O.C29H33F6N3O.C29H35F4N3O/c1-6-20-15-35(16-20)9-10-37-21-13-24(31)27(25(32)14-21)29-28-23(12-19(3)36(29)17-30(4,5)33)22-8-7-18(2)11-26(22)34-28;1-5-18-14-35(15-18)8-9-37-20-12-23(30)26(24(31)13-20)28-27-22(10-17(2)36(28)16-29(3,4)33)21-11-19(32)6-7-25(21)34-27;1-4-17-14-37(15-17)9-10-39-18-11-21(30)25(22(31)12-18)27-26-20(19-7-5-6-8-23(19)36-26)13-24(29(33,34)35)38(27)16-28(2,3)32;1-5-18-14-35(15-18)8-9-37-20-12-23(31)26(24(32)13-20)28-27-22(10-17(2)36(28)16-29(3,4)33)21-11-19(30)6-7-25(21)34-27/h7-8,11,13-14,19-20,29,34H,6,9-10,12,15-17H2,1-5H3;6-7,11-13,17-18,28,34H,5,8-10,14-16H2,1-4H3;5-8,11-12,17,24,27,36H,4,9-10,13-16H2,1-3H3;6-7,11-13,17-18,28,34H,5,8-10,14-16H2,1-4H3. The maximum Gasteiger partial charge on any atom is 0.404 e. The van der Waals surface area contributed by atoms with Crippen molar-refractivity contribution in [3.63, 3.8) is 0 Å². The molecule has 0 spiro atoms. The van der Waals surface area contributed by atoms with Crippen molar-refractivity contribution in [1.82, 2.24) is 59.1 Å². The number of hydrogen-bond acceptors (Lipinski definition) is 12. The summed E-state index contributed by atoms with van der Waals surface area (Å²) in [5, 5.41) is 4.05. The predicted molar refractivity (Wildman–Crippen MR) is 564 cm³/mol. The van der Waals surface area contributed by atoms with E-state index < -0.39 is 112 Å². The zero-order valence-corrected chi connectivity index (χ0v) is 90.0. The van der Waals surface area contributed by atoms with Gasteiger partial charge in [0.1, 0.15) is 125 Å². The Bertz CT molecular complexity index is 6330. The number of para-hydroxylation sites is 1. The van der Waals surface area contributed by atoms with Gasteiger partial charge in [-0.15, -0.1) is 0 Å². The van der Waals surface area contributed by atoms with Crippen LogP contribution in [0.2, 0.25) is 10.0 Å². The molecule has 812 valence electrons. The lowest BCUT2D eigenvalue weighted by Gasteiger charge is -2.44. The number of hydrogen-bond donors (Lipinski definition) is 4. The number of rotatable bonds is 32. The van der Waals surface area contributed by atoms with Gasteiger partial charge in [-0.2, -0.15) is 13.2 Å². The van der Waals surface area contributed by atoms with E-state index in [1.54, 1.807) is 73.3 Å². The van der Waals surface area contributed by atoms with Gasteiger partial charge >= 0.3 is 6.18 Å². The molecule has 16 nitrogen and oxygen atoms in total. The van der Waals surface area contributed by atoms with Crippen LogP contribution in [-0.4, -0.2) is 243 Å². The third-order valence-electron chi connectivity index (χ3n) is 31.2. The molecule has 8 aromatic carbocycles. The second kappa shape index (κ2) is 45.4. The molecule has 0 saturated carbocycles. The van der Waals surface area contributed by atoms with Crippen molar-refractivity contribution in [2.45, 2.75) is 239 Å². The SMILES string of the molecule is CCC1CN(CCOc2cc(Cl)c(C3c4[nH]c5ccc(F)cc5c4CC(C)N3CC(C)(C)F)c(Cl)c2)C1.CCC1CN(CCOc2cc(F)c(C3c4[nH]c5cc(C)ccc5c4CC(C)N3CC(C)(C)F)c(F)c2)C1.CCC1CN(CCOc2cc(F)c(C3c4[nH]c5ccc(F)cc5c4CC(C)N3CC(C)(C)F)c(F)c2)C1.CCC1CN(CCOc2cc(F)c(C3c4[nH]c5ccccc5c4CC(C(F)(F)F)N3CC(C)(C)F)c(F)c2)C1. The molecule has 4 N–H and O–H groups in total. The topological polar surface area (TPSA) is 126 Å². The number of aromatic nitrogens is 4. The van der Waals surface area contributed by atoms with Crippen LogP contribution in [0, 0.1) is 77.1 Å². The summed E-state index contributed by atoms with van der Waals surface area (Å²) in [6, 6.07) is 26.6. The number of aryl methyl sites for hydroxylation is 1. The normalized spacial score (nSPS) is 21.3. The maximum atomic E-state index is 15.7. The first kappa shape index (κ1) is 111. The molecule has 0 bridgehead atoms. The van der Waals surface area contributed by atoms with Gasteiger partial charge in [-0.25, -0.2) is 52.7 Å². The summed E-state index contributed by atoms with van der Waals surface area (Å²) in [4.78, 5) is 29.0. The highest BCUT2D eigenvalue weighted by Gasteiger charge is 2.54. The summed E-state index contributed by atoms with van der Waals surface area (Å²) in [7, 11) is 0. The summed E-state index contributed by atoms with van der Waals surface area (Å²) in [5.41, 5.74) is 2.99. The van der Waals surface area contributed by atoms with Gasteiger partial charge in [0, 0.05) is 248 Å². The first-order valence-corrected chi connectivity index (χ1v) is 53.7. The van der Waals surface area contributed by atoms with E-state index in [1.165, 1.54) is 83.0 Å². The molecule has 4 fully saturated rings. The molecule has 8 unspecified atom stereocenters. The van der Waals surface area contributed by atoms with E-state index in [0.717, 1.165) is 182 Å². The van der Waals surface area contributed by atoms with E-state index >= 15 is 30.7 Å². The second-order valence-corrected chi connectivity index (χ2v) is 46.2. The molecular weight excluding hydrogens is 1990 g/mol. The molecule has 12 heterocycles. The van der Waals surface area contributed by atoms with Gasteiger partial charge in [-0.05, 0) is 221 Å². The number of alkyl halides is 7. The number of aromatic amines is 4. The van der Waals surface area contributed by atoms with Crippen LogP contribution in [0.5, 0.6) is 23.0 Å². The minimum atomic E-state index is -4.76. The molecule has 4 aromatic heterocycles. The van der Waals surface area contributed by atoms with Crippen molar-refractivity contribution in [3.05, 3.63) is 257 Å². The molecule has 8 atom stereocenters. The van der Waals surface area contributed by atoms with E-state index in [-0.39, 0.29) is 90.1 Å². The maximum absolute atomic E-state index is 15.7. The van der Waals surface area contributed by atoms with Gasteiger partial charge < -0.3 is 38.9 Å². The molecular formula is C117H141Cl2F15N12O4. The zero-order chi connectivity index (χ0) is 108. The van der Waals surface area contributed by atoms with Gasteiger partial charge in [0.25, 0.3) is 0 Å². The van der Waals surface area contributed by atoms with Crippen LogP contribution < -0.4 is 18.9 Å². The molecule has 150 heavy (non-hydrogen) atoms. The van der Waals surface area contributed by atoms with E-state index in [4.69, 9.17) is 42.1 Å². The number of likely N-dealkylation sites (tertiary alicyclic amines) is 4. The third kappa shape index (κ3) is 25.1. The van der Waals surface area contributed by atoms with E-state index in [2.05, 4.69) is 85.1 Å². The van der Waals surface area contributed by atoms with Crippen molar-refractivity contribution >= 4 is 66.8 Å². The quantitative estimate of drug-likeness (QED) is 0.0300. The van der Waals surface area contributed by atoms with Gasteiger partial charge in [0.05, 0.1) is 34.2 Å². The highest BCUT2D eigenvalue weighted by Crippen LogP contribution is 2.53. The Kier molecular flexibility index (Phi) is 33.7. The molecule has 8 aliphatic heterocycles. The predicted octanol–water partition coefficient (Wildman–Crippen LogP) is 27.2. The molecule has 8 aliphatic rings. The van der Waals surface area contributed by atoms with Gasteiger partial charge in [-0.1, -0.05) is 107 Å². The monoisotopic (exact) mass is 2130 g/mol. The summed E-state index contributed by atoms with van der Waals surface area (Å²) in [6.07, 6.45) is 1.25. The summed E-state index contributed by atoms with van der Waals surface area (Å²) >= 11 is 13.8. The van der Waals surface area contributed by atoms with Crippen LogP contribution in [0.15, 0.2) is 127 Å². The average Bonchev–Trinajstić information content (AvgIpc) is 1.53. The number of H-pyrrole nitrogens is 4. The molecule has 33 heteroatoms. The average molecular weight is 2140 g/mol. The fourth-order valence-corrected chi connectivity index (χ4v) is 24.2. The lowest BCUT2D eigenvalue weighted by atomic mass is 9.86. The van der Waals surface area contributed by atoms with Crippen molar-refractivity contribution in [1.29, 1.82) is 0 Å². The van der Waals surface area contributed by atoms with E-state index in [0.29, 0.717) is 113 Å². The summed E-state index contributed by atoms with van der Waals surface area (Å²) in [6.45, 7) is 40.4. The van der Waals surface area contributed by atoms with Crippen LogP contribution >= 0.6 is 23.2 Å². The van der Waals surface area contributed by atoms with Crippen LogP contribution in [0.4, 0.5) is 65.9 Å². The van der Waals surface area contributed by atoms with Crippen molar-refractivity contribution in [3.8, 4) is 23.0 Å². The minimum absolute atomic E-state index is 0.0127. The van der Waals surface area contributed by atoms with Gasteiger partial charge in [-0.3, -0.25) is 39.2 Å². The number of nitrogens with one attached hydrogen (secondary N) is 4. The van der Waals surface area contributed by atoms with Crippen LogP contribution in [-0.2, 0) is 25.7 Å². The fourth-order valence-electron chi connectivity index (χ4n) is 23.5. The Morgan fingerprint density at radius 3 is 0.927 bits per heavy atom. The van der Waals surface area contributed by atoms with Gasteiger partial charge in [0.2, 0.25) is 0 Å². The Morgan fingerprint density at radius 2 is 0.600 bits per heavy atom. The second-order valence-electron chi connectivity index (χ2n) is 45.4. The van der Waals surface area contributed by atoms with Crippen LogP contribution in [0.3, 0.4) is 0 Å². The third-order valence-corrected chi connectivity index (χ3v) is 31.8. The Balaban J connectivity index is 0.000000136. The first-order chi connectivity index (χ1) is 71.0. The van der Waals surface area contributed by atoms with Crippen LogP contribution in [0.1, 0.15) is 227 Å².